The van der Waals surface area contributed by atoms with Gasteiger partial charge in [0.15, 0.2) is 0 Å². The third kappa shape index (κ3) is 4.77. The van der Waals surface area contributed by atoms with Gasteiger partial charge in [0.25, 0.3) is 0 Å². The highest BCUT2D eigenvalue weighted by molar-refractivity contribution is 7.88. The third-order valence-electron chi connectivity index (χ3n) is 2.43. The minimum atomic E-state index is -4.54. The van der Waals surface area contributed by atoms with Crippen LogP contribution in [-0.2, 0) is 26.7 Å². The summed E-state index contributed by atoms with van der Waals surface area (Å²) in [5.41, 5.74) is -0.949. The summed E-state index contributed by atoms with van der Waals surface area (Å²) in [6.45, 7) is -0.539. The molecule has 9 heteroatoms. The van der Waals surface area contributed by atoms with Crippen molar-refractivity contribution < 1.29 is 26.4 Å². The molecule has 0 saturated heterocycles. The molecule has 1 aromatic carbocycles. The quantitative estimate of drug-likeness (QED) is 0.778. The summed E-state index contributed by atoms with van der Waals surface area (Å²) >= 11 is 5.07. The van der Waals surface area contributed by atoms with Gasteiger partial charge < -0.3 is 0 Å². The average molecular weight is 330 g/mol. The van der Waals surface area contributed by atoms with Crippen LogP contribution in [0, 0.1) is 0 Å². The number of alkyl halides is 3. The Balaban J connectivity index is 2.96. The zero-order chi connectivity index (χ0) is 15.6. The molecule has 0 heterocycles. The average Bonchev–Trinajstić information content (AvgIpc) is 2.26. The number of hydrogen-bond donors (Lipinski definition) is 0. The highest BCUT2D eigenvalue weighted by atomic mass is 35.5. The van der Waals surface area contributed by atoms with Crippen LogP contribution in [0.15, 0.2) is 24.3 Å². The topological polar surface area (TPSA) is 54.5 Å². The lowest BCUT2D eigenvalue weighted by Crippen LogP contribution is -2.31. The van der Waals surface area contributed by atoms with E-state index in [1.807, 2.05) is 0 Å². The van der Waals surface area contributed by atoms with Gasteiger partial charge in [-0.2, -0.15) is 17.5 Å². The molecule has 0 aromatic heterocycles. The number of carbonyl (C=O) groups excluding carboxylic acids is 1. The van der Waals surface area contributed by atoms with Crippen molar-refractivity contribution in [2.45, 2.75) is 11.9 Å². The van der Waals surface area contributed by atoms with E-state index in [0.29, 0.717) is 4.31 Å². The number of benzene rings is 1. The van der Waals surface area contributed by atoms with Crippen molar-refractivity contribution in [3.8, 4) is 0 Å². The molecule has 0 unspecified atom stereocenters. The summed E-state index contributed by atoms with van der Waals surface area (Å²) < 4.78 is 61.9. The van der Waals surface area contributed by atoms with Crippen molar-refractivity contribution in [1.29, 1.82) is 0 Å². The van der Waals surface area contributed by atoms with Crippen LogP contribution in [-0.4, -0.2) is 31.6 Å². The van der Waals surface area contributed by atoms with E-state index in [0.717, 1.165) is 25.2 Å². The van der Waals surface area contributed by atoms with Crippen molar-refractivity contribution in [2.24, 2.45) is 0 Å². The first-order valence-corrected chi connectivity index (χ1v) is 7.29. The molecule has 0 aliphatic rings. The predicted octanol–water partition coefficient (Wildman–Crippen LogP) is 2.23. The number of carbonyl (C=O) groups is 1. The maximum absolute atomic E-state index is 12.5. The summed E-state index contributed by atoms with van der Waals surface area (Å²) in [6, 6.07) is 4.00. The molecular formula is C11H11ClF3NO3S. The Morgan fingerprint density at radius 2 is 1.95 bits per heavy atom. The lowest BCUT2D eigenvalue weighted by atomic mass is 10.1. The molecular weight excluding hydrogens is 319 g/mol. The Hall–Kier alpha value is -1.12. The maximum atomic E-state index is 12.5. The molecule has 1 rings (SSSR count). The Labute approximate surface area is 119 Å². The number of hydrogen-bond acceptors (Lipinski definition) is 3. The van der Waals surface area contributed by atoms with Crippen molar-refractivity contribution >= 4 is 26.9 Å². The second-order valence-corrected chi connectivity index (χ2v) is 6.56. The second-order valence-electron chi connectivity index (χ2n) is 4.07. The van der Waals surface area contributed by atoms with E-state index in [9.17, 15) is 26.4 Å². The first-order valence-electron chi connectivity index (χ1n) is 5.31. The molecule has 0 amide bonds. The SMILES string of the molecule is CN(CC(=O)Cl)S(=O)(=O)Cc1cccc(C(F)(F)F)c1. The Morgan fingerprint density at radius 1 is 1.35 bits per heavy atom. The lowest BCUT2D eigenvalue weighted by molar-refractivity contribution is -0.137. The van der Waals surface area contributed by atoms with Gasteiger partial charge in [-0.25, -0.2) is 8.42 Å². The van der Waals surface area contributed by atoms with Crippen LogP contribution < -0.4 is 0 Å². The molecule has 0 N–H and O–H groups in total. The number of rotatable bonds is 5. The summed E-state index contributed by atoms with van der Waals surface area (Å²) in [7, 11) is -2.78. The summed E-state index contributed by atoms with van der Waals surface area (Å²) in [6.07, 6.45) is -4.54. The van der Waals surface area contributed by atoms with Crippen molar-refractivity contribution in [3.05, 3.63) is 35.4 Å². The Kier molecular flexibility index (Phi) is 5.17. The van der Waals surface area contributed by atoms with Gasteiger partial charge in [-0.05, 0) is 23.2 Å². The number of halogens is 4. The molecule has 0 saturated carbocycles. The van der Waals surface area contributed by atoms with E-state index in [2.05, 4.69) is 0 Å². The summed E-state index contributed by atoms with van der Waals surface area (Å²) in [5.74, 6) is -0.641. The fourth-order valence-corrected chi connectivity index (χ4v) is 2.82. The van der Waals surface area contributed by atoms with Crippen molar-refractivity contribution in [3.63, 3.8) is 0 Å². The predicted molar refractivity (Wildman–Crippen MR) is 67.6 cm³/mol. The van der Waals surface area contributed by atoms with Crippen LogP contribution in [0.5, 0.6) is 0 Å². The number of nitrogens with zero attached hydrogens (tertiary/aromatic N) is 1. The molecule has 4 nitrogen and oxygen atoms in total. The monoisotopic (exact) mass is 329 g/mol. The van der Waals surface area contributed by atoms with Crippen LogP contribution in [0.4, 0.5) is 13.2 Å². The van der Waals surface area contributed by atoms with E-state index >= 15 is 0 Å². The molecule has 0 aliphatic heterocycles. The van der Waals surface area contributed by atoms with Gasteiger partial charge in [-0.3, -0.25) is 4.79 Å². The minimum Gasteiger partial charge on any atom is -0.280 e. The van der Waals surface area contributed by atoms with E-state index in [1.165, 1.54) is 6.07 Å². The zero-order valence-corrected chi connectivity index (χ0v) is 11.9. The molecule has 1 aromatic rings. The first-order chi connectivity index (χ1) is 9.02. The van der Waals surface area contributed by atoms with Gasteiger partial charge in [0.1, 0.15) is 0 Å². The Morgan fingerprint density at radius 3 is 2.45 bits per heavy atom. The van der Waals surface area contributed by atoms with Crippen LogP contribution >= 0.6 is 11.6 Å². The smallest absolute Gasteiger partial charge is 0.280 e. The molecule has 112 valence electrons. The first kappa shape index (κ1) is 16.9. The second kappa shape index (κ2) is 6.11. The molecule has 0 aliphatic carbocycles. The highest BCUT2D eigenvalue weighted by Gasteiger charge is 2.31. The van der Waals surface area contributed by atoms with E-state index < -0.39 is 39.3 Å². The molecule has 0 fully saturated rings. The standard InChI is InChI=1S/C11H11ClF3NO3S/c1-16(6-10(12)17)20(18,19)7-8-3-2-4-9(5-8)11(13,14)15/h2-5H,6-7H2,1H3. The van der Waals surface area contributed by atoms with Crippen molar-refractivity contribution in [2.75, 3.05) is 13.6 Å². The van der Waals surface area contributed by atoms with Gasteiger partial charge in [0.2, 0.25) is 15.3 Å². The van der Waals surface area contributed by atoms with Crippen molar-refractivity contribution in [1.82, 2.24) is 4.31 Å². The largest absolute Gasteiger partial charge is 0.416 e. The molecule has 0 bridgehead atoms. The fraction of sp³-hybridized carbons (Fsp3) is 0.364. The molecule has 20 heavy (non-hydrogen) atoms. The summed E-state index contributed by atoms with van der Waals surface area (Å²) in [4.78, 5) is 10.6. The highest BCUT2D eigenvalue weighted by Crippen LogP contribution is 2.29. The minimum absolute atomic E-state index is 0.0197. The van der Waals surface area contributed by atoms with Crippen LogP contribution in [0.3, 0.4) is 0 Å². The van der Waals surface area contributed by atoms with Crippen LogP contribution in [0.1, 0.15) is 11.1 Å². The normalized spacial score (nSPS) is 12.7. The van der Waals surface area contributed by atoms with Crippen LogP contribution in [0.2, 0.25) is 0 Å². The van der Waals surface area contributed by atoms with Gasteiger partial charge >= 0.3 is 6.18 Å². The van der Waals surface area contributed by atoms with Gasteiger partial charge in [-0.15, -0.1) is 0 Å². The molecule has 0 atom stereocenters. The summed E-state index contributed by atoms with van der Waals surface area (Å²) in [5, 5.41) is -0.875. The van der Waals surface area contributed by atoms with Gasteiger partial charge in [0, 0.05) is 7.05 Å². The van der Waals surface area contributed by atoms with E-state index in [4.69, 9.17) is 11.6 Å². The van der Waals surface area contributed by atoms with Gasteiger partial charge in [0.05, 0.1) is 17.9 Å². The Bertz CT molecular complexity index is 601. The molecule has 0 radical (unpaired) electrons. The fourth-order valence-electron chi connectivity index (χ4n) is 1.43. The van der Waals surface area contributed by atoms with E-state index in [-0.39, 0.29) is 5.56 Å². The number of likely N-dealkylation sites (N-methyl/N-ethyl adjacent to an activating group) is 1. The third-order valence-corrected chi connectivity index (χ3v) is 4.32. The zero-order valence-electron chi connectivity index (χ0n) is 10.3. The molecule has 0 spiro atoms. The number of sulfonamides is 1. The van der Waals surface area contributed by atoms with E-state index in [1.54, 1.807) is 0 Å². The van der Waals surface area contributed by atoms with Crippen LogP contribution in [0.25, 0.3) is 0 Å². The van der Waals surface area contributed by atoms with Gasteiger partial charge in [-0.1, -0.05) is 18.2 Å². The lowest BCUT2D eigenvalue weighted by Gasteiger charge is -2.15. The maximum Gasteiger partial charge on any atom is 0.416 e.